The van der Waals surface area contributed by atoms with E-state index < -0.39 is 0 Å². The van der Waals surface area contributed by atoms with Crippen LogP contribution in [0.3, 0.4) is 0 Å². The van der Waals surface area contributed by atoms with Gasteiger partial charge in [-0.05, 0) is 25.4 Å². The highest BCUT2D eigenvalue weighted by Crippen LogP contribution is 2.11. The van der Waals surface area contributed by atoms with Crippen LogP contribution in [0.2, 0.25) is 0 Å². The maximum absolute atomic E-state index is 11.2. The van der Waals surface area contributed by atoms with Gasteiger partial charge in [-0.3, -0.25) is 4.79 Å². The van der Waals surface area contributed by atoms with Gasteiger partial charge < -0.3 is 21.4 Å². The molecule has 1 fully saturated rings. The number of aromatic amines is 1. The van der Waals surface area contributed by atoms with Crippen molar-refractivity contribution < 1.29 is 0 Å². The molecule has 1 saturated heterocycles. The molecule has 6 nitrogen and oxygen atoms in total. The fourth-order valence-electron chi connectivity index (χ4n) is 1.68. The molecule has 0 bridgehead atoms. The Morgan fingerprint density at radius 1 is 1.67 bits per heavy atom. The maximum atomic E-state index is 11.2. The van der Waals surface area contributed by atoms with Crippen LogP contribution in [0.1, 0.15) is 6.42 Å². The van der Waals surface area contributed by atoms with Crippen molar-refractivity contribution in [2.45, 2.75) is 6.42 Å². The predicted octanol–water partition coefficient (Wildman–Crippen LogP) is -0.627. The molecule has 0 spiro atoms. The third-order valence-electron chi connectivity index (χ3n) is 2.61. The van der Waals surface area contributed by atoms with Crippen LogP contribution in [0.4, 0.5) is 11.5 Å². The minimum atomic E-state index is -0.294. The van der Waals surface area contributed by atoms with E-state index in [0.29, 0.717) is 11.7 Å². The highest BCUT2D eigenvalue weighted by atomic mass is 16.1. The topological polar surface area (TPSA) is 95.8 Å². The van der Waals surface area contributed by atoms with Crippen LogP contribution in [0.15, 0.2) is 11.1 Å². The summed E-state index contributed by atoms with van der Waals surface area (Å²) in [6.07, 6.45) is 2.50. The van der Waals surface area contributed by atoms with E-state index in [1.165, 1.54) is 6.33 Å². The molecule has 1 unspecified atom stereocenters. The lowest BCUT2D eigenvalue weighted by Crippen LogP contribution is -2.21. The Hall–Kier alpha value is -1.56. The molecular weight excluding hydrogens is 194 g/mol. The van der Waals surface area contributed by atoms with Gasteiger partial charge in [0.05, 0.1) is 6.33 Å². The summed E-state index contributed by atoms with van der Waals surface area (Å²) in [7, 11) is 0. The van der Waals surface area contributed by atoms with Crippen LogP contribution in [0, 0.1) is 5.92 Å². The first-order chi connectivity index (χ1) is 7.27. The first kappa shape index (κ1) is 9.97. The Balaban J connectivity index is 1.98. The predicted molar refractivity (Wildman–Crippen MR) is 58.7 cm³/mol. The molecule has 5 N–H and O–H groups in total. The summed E-state index contributed by atoms with van der Waals surface area (Å²) < 4.78 is 0. The molecule has 82 valence electrons. The fraction of sp³-hybridized carbons (Fsp3) is 0.556. The fourth-order valence-corrected chi connectivity index (χ4v) is 1.68. The number of hydrogen-bond donors (Lipinski definition) is 4. The van der Waals surface area contributed by atoms with E-state index in [1.807, 2.05) is 0 Å². The van der Waals surface area contributed by atoms with Crippen molar-refractivity contribution in [3.05, 3.63) is 16.7 Å². The monoisotopic (exact) mass is 209 g/mol. The van der Waals surface area contributed by atoms with Gasteiger partial charge in [-0.2, -0.15) is 0 Å². The molecule has 0 saturated carbocycles. The molecule has 0 amide bonds. The second-order valence-electron chi connectivity index (χ2n) is 3.73. The lowest BCUT2D eigenvalue weighted by atomic mass is 10.1. The molecule has 1 atom stereocenters. The number of anilines is 2. The summed E-state index contributed by atoms with van der Waals surface area (Å²) in [5.41, 5.74) is 5.44. The van der Waals surface area contributed by atoms with Gasteiger partial charge in [-0.25, -0.2) is 4.98 Å². The Kier molecular flexibility index (Phi) is 2.86. The Bertz CT molecular complexity index is 382. The van der Waals surface area contributed by atoms with Gasteiger partial charge in [0.1, 0.15) is 5.69 Å². The lowest BCUT2D eigenvalue weighted by Gasteiger charge is -2.11. The minimum Gasteiger partial charge on any atom is -0.391 e. The molecule has 1 aromatic heterocycles. The summed E-state index contributed by atoms with van der Waals surface area (Å²) in [5, 5.41) is 6.37. The Labute approximate surface area is 87.3 Å². The van der Waals surface area contributed by atoms with Crippen molar-refractivity contribution in [3.63, 3.8) is 0 Å². The highest BCUT2D eigenvalue weighted by Gasteiger charge is 2.14. The SMILES string of the molecule is Nc1c(NCC2CCNC2)nc[nH]c1=O. The van der Waals surface area contributed by atoms with E-state index in [0.717, 1.165) is 26.1 Å². The number of H-pyrrole nitrogens is 1. The first-order valence-electron chi connectivity index (χ1n) is 5.05. The zero-order chi connectivity index (χ0) is 10.7. The number of hydrogen-bond acceptors (Lipinski definition) is 5. The molecule has 0 radical (unpaired) electrons. The van der Waals surface area contributed by atoms with Gasteiger partial charge in [0.2, 0.25) is 0 Å². The van der Waals surface area contributed by atoms with Crippen molar-refractivity contribution in [1.82, 2.24) is 15.3 Å². The van der Waals surface area contributed by atoms with E-state index in [4.69, 9.17) is 5.73 Å². The van der Waals surface area contributed by atoms with Crippen molar-refractivity contribution >= 4 is 11.5 Å². The highest BCUT2D eigenvalue weighted by molar-refractivity contribution is 5.58. The van der Waals surface area contributed by atoms with Gasteiger partial charge in [-0.15, -0.1) is 0 Å². The van der Waals surface area contributed by atoms with E-state index in [-0.39, 0.29) is 11.2 Å². The lowest BCUT2D eigenvalue weighted by molar-refractivity contribution is 0.614. The summed E-state index contributed by atoms with van der Waals surface area (Å²) in [4.78, 5) is 17.6. The number of nitrogens with one attached hydrogen (secondary N) is 3. The molecule has 1 aromatic rings. The smallest absolute Gasteiger partial charge is 0.276 e. The standard InChI is InChI=1S/C9H15N5O/c10-7-8(13-5-14-9(7)15)12-4-6-1-2-11-3-6/h5-6,11H,1-4,10H2,(H2,12,13,14,15). The van der Waals surface area contributed by atoms with E-state index in [1.54, 1.807) is 0 Å². The molecule has 1 aliphatic rings. The molecule has 2 rings (SSSR count). The zero-order valence-electron chi connectivity index (χ0n) is 8.42. The van der Waals surface area contributed by atoms with Crippen molar-refractivity contribution in [1.29, 1.82) is 0 Å². The van der Waals surface area contributed by atoms with Crippen LogP contribution in [0.5, 0.6) is 0 Å². The van der Waals surface area contributed by atoms with Crippen LogP contribution in [-0.4, -0.2) is 29.6 Å². The average Bonchev–Trinajstić information content (AvgIpc) is 2.73. The number of rotatable bonds is 3. The molecular formula is C9H15N5O. The summed E-state index contributed by atoms with van der Waals surface area (Å²) in [6, 6.07) is 0. The molecule has 0 aliphatic carbocycles. The van der Waals surface area contributed by atoms with Gasteiger partial charge in [0, 0.05) is 6.54 Å². The third kappa shape index (κ3) is 2.27. The third-order valence-corrected chi connectivity index (χ3v) is 2.61. The number of nitrogen functional groups attached to an aromatic ring is 1. The molecule has 2 heterocycles. The van der Waals surface area contributed by atoms with Crippen LogP contribution in [0.25, 0.3) is 0 Å². The van der Waals surface area contributed by atoms with Gasteiger partial charge in [0.25, 0.3) is 5.56 Å². The van der Waals surface area contributed by atoms with E-state index >= 15 is 0 Å². The van der Waals surface area contributed by atoms with Crippen molar-refractivity contribution in [3.8, 4) is 0 Å². The Morgan fingerprint density at radius 3 is 3.27 bits per heavy atom. The maximum Gasteiger partial charge on any atom is 0.276 e. The minimum absolute atomic E-state index is 0.156. The molecule has 1 aliphatic heterocycles. The summed E-state index contributed by atoms with van der Waals surface area (Å²) >= 11 is 0. The number of aromatic nitrogens is 2. The van der Waals surface area contributed by atoms with Gasteiger partial charge >= 0.3 is 0 Å². The second-order valence-corrected chi connectivity index (χ2v) is 3.73. The normalized spacial score (nSPS) is 20.4. The Morgan fingerprint density at radius 2 is 2.53 bits per heavy atom. The molecule has 15 heavy (non-hydrogen) atoms. The zero-order valence-corrected chi connectivity index (χ0v) is 8.42. The summed E-state index contributed by atoms with van der Waals surface area (Å²) in [6.45, 7) is 2.87. The second kappa shape index (κ2) is 4.31. The summed E-state index contributed by atoms with van der Waals surface area (Å²) in [5.74, 6) is 1.07. The van der Waals surface area contributed by atoms with Gasteiger partial charge in [0.15, 0.2) is 5.82 Å². The average molecular weight is 209 g/mol. The van der Waals surface area contributed by atoms with Crippen LogP contribution >= 0.6 is 0 Å². The van der Waals surface area contributed by atoms with Crippen LogP contribution in [-0.2, 0) is 0 Å². The number of nitrogens with zero attached hydrogens (tertiary/aromatic N) is 1. The molecule has 6 heteroatoms. The quantitative estimate of drug-likeness (QED) is 0.532. The van der Waals surface area contributed by atoms with E-state index in [9.17, 15) is 4.79 Å². The van der Waals surface area contributed by atoms with Crippen molar-refractivity contribution in [2.24, 2.45) is 5.92 Å². The largest absolute Gasteiger partial charge is 0.391 e. The molecule has 0 aromatic carbocycles. The van der Waals surface area contributed by atoms with E-state index in [2.05, 4.69) is 20.6 Å². The van der Waals surface area contributed by atoms with Gasteiger partial charge in [-0.1, -0.05) is 0 Å². The first-order valence-corrected chi connectivity index (χ1v) is 5.05. The van der Waals surface area contributed by atoms with Crippen LogP contribution < -0.4 is 21.9 Å². The number of nitrogens with two attached hydrogens (primary N) is 1. The van der Waals surface area contributed by atoms with Crippen molar-refractivity contribution in [2.75, 3.05) is 30.7 Å².